The minimum Gasteiger partial charge on any atom is -0.478 e. The van der Waals surface area contributed by atoms with Gasteiger partial charge in [0.25, 0.3) is 10.0 Å². The first-order valence-electron chi connectivity index (χ1n) is 9.89. The molecule has 2 N–H and O–H groups in total. The van der Waals surface area contributed by atoms with Gasteiger partial charge in [0.2, 0.25) is 5.91 Å². The van der Waals surface area contributed by atoms with E-state index in [2.05, 4.69) is 5.32 Å². The van der Waals surface area contributed by atoms with Crippen molar-refractivity contribution in [3.8, 4) is 6.07 Å². The van der Waals surface area contributed by atoms with Crippen LogP contribution in [0.4, 0.5) is 5.69 Å². The predicted molar refractivity (Wildman–Crippen MR) is 122 cm³/mol. The summed E-state index contributed by atoms with van der Waals surface area (Å²) in [5, 5.41) is 20.9. The third-order valence-corrected chi connectivity index (χ3v) is 6.61. The van der Waals surface area contributed by atoms with Crippen LogP contribution in [0.15, 0.2) is 77.7 Å². The number of carbonyl (C=O) groups is 2. The normalized spacial score (nSPS) is 10.8. The van der Waals surface area contributed by atoms with Crippen LogP contribution in [0.3, 0.4) is 0 Å². The van der Waals surface area contributed by atoms with E-state index >= 15 is 0 Å². The molecule has 1 amide bonds. The molecular weight excluding hydrogens is 442 g/mol. The average Bonchev–Trinajstić information content (AvgIpc) is 2.81. The van der Waals surface area contributed by atoms with Crippen LogP contribution in [0.2, 0.25) is 0 Å². The van der Waals surface area contributed by atoms with E-state index in [0.717, 1.165) is 9.87 Å². The minimum atomic E-state index is -4.11. The van der Waals surface area contributed by atoms with Gasteiger partial charge in [-0.25, -0.2) is 13.2 Å². The van der Waals surface area contributed by atoms with Gasteiger partial charge >= 0.3 is 5.97 Å². The number of aryl methyl sites for hydroxylation is 1. The molecule has 9 heteroatoms. The van der Waals surface area contributed by atoms with E-state index in [9.17, 15) is 23.3 Å². The van der Waals surface area contributed by atoms with Crippen LogP contribution in [0, 0.1) is 18.3 Å². The molecule has 0 aliphatic heterocycles. The molecule has 0 unspecified atom stereocenters. The van der Waals surface area contributed by atoms with Crippen LogP contribution >= 0.6 is 0 Å². The molecule has 0 saturated carbocycles. The van der Waals surface area contributed by atoms with Gasteiger partial charge in [0.05, 0.1) is 27.8 Å². The molecule has 0 aliphatic carbocycles. The van der Waals surface area contributed by atoms with Crippen molar-refractivity contribution in [3.63, 3.8) is 0 Å². The number of amides is 1. The van der Waals surface area contributed by atoms with E-state index in [1.54, 1.807) is 30.3 Å². The monoisotopic (exact) mass is 463 g/mol. The third kappa shape index (κ3) is 5.75. The van der Waals surface area contributed by atoms with Crippen LogP contribution in [-0.4, -0.2) is 31.9 Å². The second-order valence-corrected chi connectivity index (χ2v) is 9.13. The lowest BCUT2D eigenvalue weighted by molar-refractivity contribution is -0.119. The summed E-state index contributed by atoms with van der Waals surface area (Å²) in [7, 11) is -4.11. The number of nitrogens with zero attached hydrogens (tertiary/aromatic N) is 2. The highest BCUT2D eigenvalue weighted by molar-refractivity contribution is 7.92. The van der Waals surface area contributed by atoms with Gasteiger partial charge in [0.1, 0.15) is 6.54 Å². The summed E-state index contributed by atoms with van der Waals surface area (Å²) in [5.41, 5.74) is 1.95. The van der Waals surface area contributed by atoms with Gasteiger partial charge in [-0.05, 0) is 55.0 Å². The third-order valence-electron chi connectivity index (χ3n) is 4.82. The van der Waals surface area contributed by atoms with E-state index in [0.29, 0.717) is 5.56 Å². The molecule has 0 aliphatic rings. The van der Waals surface area contributed by atoms with E-state index in [-0.39, 0.29) is 28.3 Å². The zero-order valence-corrected chi connectivity index (χ0v) is 18.5. The Morgan fingerprint density at radius 2 is 1.73 bits per heavy atom. The number of hydrogen-bond donors (Lipinski definition) is 2. The van der Waals surface area contributed by atoms with E-state index in [1.807, 2.05) is 13.0 Å². The van der Waals surface area contributed by atoms with Crippen molar-refractivity contribution in [3.05, 3.63) is 95.1 Å². The van der Waals surface area contributed by atoms with Crippen LogP contribution in [0.5, 0.6) is 0 Å². The molecule has 168 valence electrons. The number of carboxylic acid groups (broad SMARTS) is 1. The van der Waals surface area contributed by atoms with Gasteiger partial charge in [-0.2, -0.15) is 5.26 Å². The number of hydrogen-bond acceptors (Lipinski definition) is 5. The molecule has 0 radical (unpaired) electrons. The van der Waals surface area contributed by atoms with Crippen molar-refractivity contribution < 1.29 is 23.1 Å². The zero-order chi connectivity index (χ0) is 24.0. The summed E-state index contributed by atoms with van der Waals surface area (Å²) in [4.78, 5) is 23.8. The molecule has 8 nitrogen and oxygen atoms in total. The van der Waals surface area contributed by atoms with E-state index < -0.39 is 28.4 Å². The topological polar surface area (TPSA) is 128 Å². The second kappa shape index (κ2) is 9.97. The van der Waals surface area contributed by atoms with Crippen LogP contribution in [0.1, 0.15) is 27.0 Å². The molecule has 0 fully saturated rings. The molecule has 0 saturated heterocycles. The summed E-state index contributed by atoms with van der Waals surface area (Å²) < 4.78 is 27.7. The maximum Gasteiger partial charge on any atom is 0.335 e. The highest BCUT2D eigenvalue weighted by atomic mass is 32.2. The highest BCUT2D eigenvalue weighted by Gasteiger charge is 2.27. The lowest BCUT2D eigenvalue weighted by Gasteiger charge is -2.24. The van der Waals surface area contributed by atoms with Crippen molar-refractivity contribution in [1.29, 1.82) is 5.26 Å². The molecule has 0 heterocycles. The molecule has 0 atom stereocenters. The largest absolute Gasteiger partial charge is 0.478 e. The van der Waals surface area contributed by atoms with Crippen LogP contribution in [-0.2, 0) is 21.4 Å². The quantitative estimate of drug-likeness (QED) is 0.528. The molecule has 33 heavy (non-hydrogen) atoms. The van der Waals surface area contributed by atoms with Gasteiger partial charge in [-0.15, -0.1) is 0 Å². The predicted octanol–water partition coefficient (Wildman–Crippen LogP) is 3.08. The van der Waals surface area contributed by atoms with Crippen molar-refractivity contribution in [2.24, 2.45) is 0 Å². The van der Waals surface area contributed by atoms with E-state index in [1.165, 1.54) is 42.5 Å². The summed E-state index contributed by atoms with van der Waals surface area (Å²) in [6, 6.07) is 20.3. The first-order chi connectivity index (χ1) is 15.7. The summed E-state index contributed by atoms with van der Waals surface area (Å²) >= 11 is 0. The number of carboxylic acids is 1. The molecule has 0 bridgehead atoms. The lowest BCUT2D eigenvalue weighted by Crippen LogP contribution is -2.40. The summed E-state index contributed by atoms with van der Waals surface area (Å²) in [6.07, 6.45) is 0. The average molecular weight is 464 g/mol. The number of anilines is 1. The Labute approximate surface area is 191 Å². The molecule has 0 spiro atoms. The Balaban J connectivity index is 1.87. The first-order valence-corrected chi connectivity index (χ1v) is 11.3. The Morgan fingerprint density at radius 1 is 1.03 bits per heavy atom. The van der Waals surface area contributed by atoms with Gasteiger partial charge in [0.15, 0.2) is 0 Å². The Morgan fingerprint density at radius 3 is 2.39 bits per heavy atom. The highest BCUT2D eigenvalue weighted by Crippen LogP contribution is 2.24. The zero-order valence-electron chi connectivity index (χ0n) is 17.7. The van der Waals surface area contributed by atoms with Crippen molar-refractivity contribution in [2.45, 2.75) is 18.4 Å². The van der Waals surface area contributed by atoms with Crippen molar-refractivity contribution in [1.82, 2.24) is 5.32 Å². The van der Waals surface area contributed by atoms with Crippen LogP contribution < -0.4 is 9.62 Å². The number of aromatic carboxylic acids is 1. The lowest BCUT2D eigenvalue weighted by atomic mass is 10.1. The molecule has 3 rings (SSSR count). The first kappa shape index (κ1) is 23.5. The Kier molecular flexibility index (Phi) is 7.10. The van der Waals surface area contributed by atoms with Gasteiger partial charge in [0, 0.05) is 6.54 Å². The smallest absolute Gasteiger partial charge is 0.335 e. The summed E-state index contributed by atoms with van der Waals surface area (Å²) in [5.74, 6) is -1.68. The number of nitrogens with one attached hydrogen (secondary N) is 1. The van der Waals surface area contributed by atoms with Gasteiger partial charge in [-0.1, -0.05) is 35.9 Å². The number of sulfonamides is 1. The van der Waals surface area contributed by atoms with Crippen LogP contribution in [0.25, 0.3) is 0 Å². The maximum absolute atomic E-state index is 13.4. The fraction of sp³-hybridized carbons (Fsp3) is 0.125. The second-order valence-electron chi connectivity index (χ2n) is 7.27. The number of carbonyl (C=O) groups excluding carboxylic acids is 1. The summed E-state index contributed by atoms with van der Waals surface area (Å²) in [6.45, 7) is 1.33. The molecular formula is C24H21N3O5S. The SMILES string of the molecule is Cc1ccc(S(=O)(=O)N(CC(=O)NCc2cccc(C(=O)O)c2)c2cccc(C#N)c2)cc1. The van der Waals surface area contributed by atoms with E-state index in [4.69, 9.17) is 5.11 Å². The van der Waals surface area contributed by atoms with Crippen molar-refractivity contribution >= 4 is 27.6 Å². The Hall–Kier alpha value is -4.16. The van der Waals surface area contributed by atoms with Crippen molar-refractivity contribution in [2.75, 3.05) is 10.8 Å². The maximum atomic E-state index is 13.4. The number of benzene rings is 3. The molecule has 0 aromatic heterocycles. The van der Waals surface area contributed by atoms with Gasteiger partial charge in [-0.3, -0.25) is 9.10 Å². The molecule has 3 aromatic carbocycles. The molecule has 3 aromatic rings. The minimum absolute atomic E-state index is 0.0115. The number of nitriles is 1. The Bertz CT molecular complexity index is 1330. The fourth-order valence-corrected chi connectivity index (χ4v) is 4.50. The number of rotatable bonds is 8. The fourth-order valence-electron chi connectivity index (χ4n) is 3.08. The standard InChI is InChI=1S/C24H21N3O5S/c1-17-8-10-22(11-9-17)33(31,32)27(21-7-3-4-18(13-21)14-25)16-23(28)26-15-19-5-2-6-20(12-19)24(29)30/h2-13H,15-16H2,1H3,(H,26,28)(H,29,30). The van der Waals surface area contributed by atoms with Gasteiger partial charge < -0.3 is 10.4 Å².